The first-order chi connectivity index (χ1) is 5.17. The molecule has 0 spiro atoms. The molecule has 0 aromatic heterocycles. The van der Waals surface area contributed by atoms with Crippen LogP contribution in [0, 0.1) is 0 Å². The lowest BCUT2D eigenvalue weighted by atomic mass is 10.0. The maximum absolute atomic E-state index is 5.94. The fraction of sp³-hybridized carbons (Fsp3) is 1.00. The van der Waals surface area contributed by atoms with Crippen molar-refractivity contribution < 1.29 is 4.74 Å². The van der Waals surface area contributed by atoms with Gasteiger partial charge in [-0.3, -0.25) is 0 Å². The van der Waals surface area contributed by atoms with Crippen LogP contribution in [-0.4, -0.2) is 24.3 Å². The topological polar surface area (TPSA) is 21.3 Å². The van der Waals surface area contributed by atoms with Crippen LogP contribution >= 0.6 is 0 Å². The van der Waals surface area contributed by atoms with Gasteiger partial charge >= 0.3 is 0 Å². The first kappa shape index (κ1) is 7.56. The Hall–Kier alpha value is -0.0800. The predicted molar refractivity (Wildman–Crippen MR) is 44.6 cm³/mol. The van der Waals surface area contributed by atoms with Crippen LogP contribution in [0.2, 0.25) is 0 Å². The highest BCUT2D eigenvalue weighted by molar-refractivity contribution is 4.92. The van der Waals surface area contributed by atoms with Gasteiger partial charge in [-0.25, -0.2) is 0 Å². The van der Waals surface area contributed by atoms with E-state index in [4.69, 9.17) is 4.74 Å². The van der Waals surface area contributed by atoms with E-state index in [1.165, 1.54) is 19.3 Å². The van der Waals surface area contributed by atoms with Gasteiger partial charge in [0.15, 0.2) is 0 Å². The van der Waals surface area contributed by atoms with Crippen LogP contribution in [0.25, 0.3) is 0 Å². The molecule has 1 heterocycles. The number of ether oxygens (including phenoxy) is 1. The van der Waals surface area contributed by atoms with Gasteiger partial charge in [0.25, 0.3) is 0 Å². The van der Waals surface area contributed by atoms with E-state index in [0.717, 1.165) is 6.54 Å². The molecule has 1 aliphatic carbocycles. The van der Waals surface area contributed by atoms with E-state index in [0.29, 0.717) is 12.1 Å². The highest BCUT2D eigenvalue weighted by atomic mass is 16.5. The van der Waals surface area contributed by atoms with Crippen LogP contribution in [0.4, 0.5) is 0 Å². The molecule has 64 valence electrons. The summed E-state index contributed by atoms with van der Waals surface area (Å²) >= 11 is 0. The second kappa shape index (κ2) is 2.46. The monoisotopic (exact) mass is 155 g/mol. The van der Waals surface area contributed by atoms with E-state index < -0.39 is 0 Å². The molecule has 11 heavy (non-hydrogen) atoms. The van der Waals surface area contributed by atoms with Crippen molar-refractivity contribution in [1.82, 2.24) is 5.32 Å². The summed E-state index contributed by atoms with van der Waals surface area (Å²) < 4.78 is 5.94. The van der Waals surface area contributed by atoms with Gasteiger partial charge in [0, 0.05) is 12.6 Å². The van der Waals surface area contributed by atoms with E-state index in [1.807, 2.05) is 0 Å². The molecule has 2 nitrogen and oxygen atoms in total. The molecule has 0 amide bonds. The minimum Gasteiger partial charge on any atom is -0.369 e. The normalized spacial score (nSPS) is 42.0. The van der Waals surface area contributed by atoms with Crippen molar-refractivity contribution in [3.63, 3.8) is 0 Å². The van der Waals surface area contributed by atoms with Crippen LogP contribution in [-0.2, 0) is 4.74 Å². The van der Waals surface area contributed by atoms with Crippen molar-refractivity contribution in [2.24, 2.45) is 0 Å². The second-order valence-electron chi connectivity index (χ2n) is 4.33. The number of fused-ring (bicyclic) bond motifs is 1. The number of hydrogen-bond acceptors (Lipinski definition) is 2. The lowest BCUT2D eigenvalue weighted by Crippen LogP contribution is -2.54. The van der Waals surface area contributed by atoms with Gasteiger partial charge in [0.05, 0.1) is 11.7 Å². The summed E-state index contributed by atoms with van der Waals surface area (Å²) in [6.45, 7) is 5.33. The standard InChI is InChI=1S/C9H17NO/c1-9(2)6-10-7-4-3-5-8(7)11-9/h7-8,10H,3-6H2,1-2H3/t7-,8+/m1/s1. The first-order valence-corrected chi connectivity index (χ1v) is 4.59. The maximum Gasteiger partial charge on any atom is 0.0755 e. The zero-order chi connectivity index (χ0) is 7.90. The van der Waals surface area contributed by atoms with Crippen LogP contribution < -0.4 is 5.32 Å². The Kier molecular flexibility index (Phi) is 1.69. The molecule has 0 aromatic rings. The van der Waals surface area contributed by atoms with Gasteiger partial charge in [-0.2, -0.15) is 0 Å². The third-order valence-electron chi connectivity index (χ3n) is 2.71. The Morgan fingerprint density at radius 1 is 1.36 bits per heavy atom. The van der Waals surface area contributed by atoms with Gasteiger partial charge in [-0.15, -0.1) is 0 Å². The molecular formula is C9H17NO. The largest absolute Gasteiger partial charge is 0.369 e. The second-order valence-corrected chi connectivity index (χ2v) is 4.33. The highest BCUT2D eigenvalue weighted by Gasteiger charge is 2.37. The van der Waals surface area contributed by atoms with Crippen LogP contribution in [0.15, 0.2) is 0 Å². The fourth-order valence-electron chi connectivity index (χ4n) is 2.13. The van der Waals surface area contributed by atoms with Crippen molar-refractivity contribution in [3.05, 3.63) is 0 Å². The molecule has 2 fully saturated rings. The summed E-state index contributed by atoms with van der Waals surface area (Å²) in [7, 11) is 0. The van der Waals surface area contributed by atoms with Crippen LogP contribution in [0.1, 0.15) is 33.1 Å². The summed E-state index contributed by atoms with van der Waals surface area (Å²) in [5, 5.41) is 3.55. The molecule has 0 radical (unpaired) electrons. The zero-order valence-corrected chi connectivity index (χ0v) is 7.39. The van der Waals surface area contributed by atoms with Gasteiger partial charge in [-0.1, -0.05) is 0 Å². The van der Waals surface area contributed by atoms with E-state index in [-0.39, 0.29) is 5.60 Å². The quantitative estimate of drug-likeness (QED) is 0.569. The molecule has 1 saturated heterocycles. The van der Waals surface area contributed by atoms with Crippen molar-refractivity contribution in [2.75, 3.05) is 6.54 Å². The Balaban J connectivity index is 2.02. The summed E-state index contributed by atoms with van der Waals surface area (Å²) in [5.41, 5.74) is 0.0610. The molecule has 2 atom stereocenters. The Morgan fingerprint density at radius 3 is 3.00 bits per heavy atom. The molecule has 1 saturated carbocycles. The molecule has 1 N–H and O–H groups in total. The number of rotatable bonds is 0. The van der Waals surface area contributed by atoms with E-state index in [2.05, 4.69) is 19.2 Å². The number of nitrogens with one attached hydrogen (secondary N) is 1. The van der Waals surface area contributed by atoms with Crippen LogP contribution in [0.3, 0.4) is 0 Å². The molecular weight excluding hydrogens is 138 g/mol. The number of morpholine rings is 1. The Labute approximate surface area is 68.3 Å². The van der Waals surface area contributed by atoms with Gasteiger partial charge < -0.3 is 10.1 Å². The molecule has 0 unspecified atom stereocenters. The van der Waals surface area contributed by atoms with Crippen molar-refractivity contribution in [3.8, 4) is 0 Å². The molecule has 1 aliphatic heterocycles. The summed E-state index contributed by atoms with van der Waals surface area (Å²) in [4.78, 5) is 0. The number of hydrogen-bond donors (Lipinski definition) is 1. The van der Waals surface area contributed by atoms with Crippen molar-refractivity contribution in [1.29, 1.82) is 0 Å². The highest BCUT2D eigenvalue weighted by Crippen LogP contribution is 2.29. The summed E-state index contributed by atoms with van der Waals surface area (Å²) in [6, 6.07) is 0.656. The summed E-state index contributed by atoms with van der Waals surface area (Å²) in [6.07, 6.45) is 4.39. The lowest BCUT2D eigenvalue weighted by Gasteiger charge is -2.39. The minimum atomic E-state index is 0.0610. The summed E-state index contributed by atoms with van der Waals surface area (Å²) in [5.74, 6) is 0. The van der Waals surface area contributed by atoms with Gasteiger partial charge in [0.1, 0.15) is 0 Å². The zero-order valence-electron chi connectivity index (χ0n) is 7.39. The molecule has 0 bridgehead atoms. The van der Waals surface area contributed by atoms with E-state index in [9.17, 15) is 0 Å². The maximum atomic E-state index is 5.94. The van der Waals surface area contributed by atoms with Crippen LogP contribution in [0.5, 0.6) is 0 Å². The first-order valence-electron chi connectivity index (χ1n) is 4.59. The van der Waals surface area contributed by atoms with E-state index >= 15 is 0 Å². The van der Waals surface area contributed by atoms with Crippen molar-refractivity contribution >= 4 is 0 Å². The Morgan fingerprint density at radius 2 is 2.18 bits per heavy atom. The average Bonchev–Trinajstić information content (AvgIpc) is 2.31. The molecule has 2 rings (SSSR count). The SMILES string of the molecule is CC1(C)CN[C@@H]2CCC[C@@H]2O1. The fourth-order valence-corrected chi connectivity index (χ4v) is 2.13. The van der Waals surface area contributed by atoms with Crippen molar-refractivity contribution in [2.45, 2.75) is 50.9 Å². The minimum absolute atomic E-state index is 0.0610. The smallest absolute Gasteiger partial charge is 0.0755 e. The third-order valence-corrected chi connectivity index (χ3v) is 2.71. The predicted octanol–water partition coefficient (Wildman–Crippen LogP) is 1.31. The Bertz CT molecular complexity index is 156. The average molecular weight is 155 g/mol. The third kappa shape index (κ3) is 1.42. The van der Waals surface area contributed by atoms with Gasteiger partial charge in [-0.05, 0) is 33.1 Å². The molecule has 2 heteroatoms. The van der Waals surface area contributed by atoms with E-state index in [1.54, 1.807) is 0 Å². The molecule has 0 aromatic carbocycles. The lowest BCUT2D eigenvalue weighted by molar-refractivity contribution is -0.105. The molecule has 2 aliphatic rings. The van der Waals surface area contributed by atoms with Gasteiger partial charge in [0.2, 0.25) is 0 Å².